The molecule has 15 heavy (non-hydrogen) atoms. The van der Waals surface area contributed by atoms with E-state index in [-0.39, 0.29) is 6.54 Å². The van der Waals surface area contributed by atoms with Crippen LogP contribution in [0.25, 0.3) is 0 Å². The number of para-hydroxylation sites is 1. The van der Waals surface area contributed by atoms with Crippen LogP contribution in [0, 0.1) is 9.49 Å². The van der Waals surface area contributed by atoms with Gasteiger partial charge in [-0.05, 0) is 34.7 Å². The van der Waals surface area contributed by atoms with Crippen LogP contribution < -0.4 is 5.32 Å². The Hall–Kier alpha value is -1.11. The quantitative estimate of drug-likeness (QED) is 0.491. The first-order valence-corrected chi connectivity index (χ1v) is 5.39. The van der Waals surface area contributed by atoms with Gasteiger partial charge in [-0.15, -0.1) is 0 Å². The number of hydrogen-bond donors (Lipinski definition) is 2. The van der Waals surface area contributed by atoms with E-state index in [1.165, 1.54) is 0 Å². The average molecular weight is 319 g/mol. The topological polar surface area (TPSA) is 66.4 Å². The molecule has 0 fully saturated rings. The summed E-state index contributed by atoms with van der Waals surface area (Å²) in [5, 5.41) is 11.6. The molecular weight excluding hydrogens is 309 g/mol. The summed E-state index contributed by atoms with van der Waals surface area (Å²) < 4.78 is 0.991. The van der Waals surface area contributed by atoms with E-state index in [4.69, 9.17) is 5.11 Å². The van der Waals surface area contributed by atoms with Crippen LogP contribution >= 0.6 is 22.6 Å². The van der Waals surface area contributed by atoms with E-state index >= 15 is 0 Å². The molecule has 4 nitrogen and oxygen atoms in total. The van der Waals surface area contributed by atoms with Crippen LogP contribution in [-0.4, -0.2) is 23.9 Å². The molecule has 0 saturated heterocycles. The van der Waals surface area contributed by atoms with E-state index in [9.17, 15) is 9.59 Å². The standard InChI is InChI=1S/C10H10INO3/c11-8-3-1-2-4-9(8)12-5-7(6-13)10(14)15/h1-4,6-7,12H,5H2,(H,14,15). The SMILES string of the molecule is O=CC(CNc1ccccc1I)C(=O)O. The number of carbonyl (C=O) groups excluding carboxylic acids is 1. The van der Waals surface area contributed by atoms with Gasteiger partial charge < -0.3 is 15.2 Å². The number of rotatable bonds is 5. The summed E-state index contributed by atoms with van der Waals surface area (Å²) in [5.74, 6) is -2.11. The Morgan fingerprint density at radius 1 is 1.53 bits per heavy atom. The maximum absolute atomic E-state index is 10.6. The summed E-state index contributed by atoms with van der Waals surface area (Å²) in [6, 6.07) is 7.48. The van der Waals surface area contributed by atoms with Gasteiger partial charge in [-0.1, -0.05) is 12.1 Å². The van der Waals surface area contributed by atoms with Gasteiger partial charge in [0.2, 0.25) is 0 Å². The van der Waals surface area contributed by atoms with Gasteiger partial charge in [0.05, 0.1) is 0 Å². The smallest absolute Gasteiger partial charge is 0.315 e. The van der Waals surface area contributed by atoms with Crippen molar-refractivity contribution in [3.8, 4) is 0 Å². The zero-order valence-corrected chi connectivity index (χ0v) is 9.97. The fourth-order valence-corrected chi connectivity index (χ4v) is 1.60. The van der Waals surface area contributed by atoms with Crippen molar-refractivity contribution in [3.63, 3.8) is 0 Å². The fourth-order valence-electron chi connectivity index (χ4n) is 1.02. The minimum Gasteiger partial charge on any atom is -0.481 e. The molecule has 1 rings (SSSR count). The van der Waals surface area contributed by atoms with Gasteiger partial charge in [-0.25, -0.2) is 0 Å². The predicted molar refractivity (Wildman–Crippen MR) is 64.8 cm³/mol. The second-order valence-corrected chi connectivity index (χ2v) is 4.10. The summed E-state index contributed by atoms with van der Waals surface area (Å²) in [6.45, 7) is 0.110. The van der Waals surface area contributed by atoms with Crippen molar-refractivity contribution >= 4 is 40.5 Å². The molecule has 0 aromatic heterocycles. The third kappa shape index (κ3) is 3.50. The van der Waals surface area contributed by atoms with Crippen molar-refractivity contribution in [2.75, 3.05) is 11.9 Å². The molecule has 0 aliphatic carbocycles. The Labute approximate surface area is 101 Å². The van der Waals surface area contributed by atoms with Crippen molar-refractivity contribution in [3.05, 3.63) is 27.8 Å². The molecule has 80 valence electrons. The summed E-state index contributed by atoms with van der Waals surface area (Å²) in [4.78, 5) is 21.0. The van der Waals surface area contributed by atoms with Gasteiger partial charge in [0, 0.05) is 15.8 Å². The number of benzene rings is 1. The van der Waals surface area contributed by atoms with Crippen LogP contribution in [0.5, 0.6) is 0 Å². The molecule has 0 aliphatic heterocycles. The third-order valence-electron chi connectivity index (χ3n) is 1.87. The van der Waals surface area contributed by atoms with Crippen molar-refractivity contribution in [2.24, 2.45) is 5.92 Å². The van der Waals surface area contributed by atoms with E-state index in [0.717, 1.165) is 9.26 Å². The average Bonchev–Trinajstić information content (AvgIpc) is 2.21. The lowest BCUT2D eigenvalue weighted by molar-refractivity contribution is -0.142. The predicted octanol–water partition coefficient (Wildman–Crippen LogP) is 1.60. The molecule has 0 saturated carbocycles. The first-order chi connectivity index (χ1) is 7.15. The van der Waals surface area contributed by atoms with Gasteiger partial charge in [-0.3, -0.25) is 4.79 Å². The minimum atomic E-state index is -1.11. The minimum absolute atomic E-state index is 0.110. The van der Waals surface area contributed by atoms with Gasteiger partial charge in [0.15, 0.2) is 0 Å². The van der Waals surface area contributed by atoms with Crippen LogP contribution in [0.4, 0.5) is 5.69 Å². The second-order valence-electron chi connectivity index (χ2n) is 2.94. The highest BCUT2D eigenvalue weighted by atomic mass is 127. The lowest BCUT2D eigenvalue weighted by Gasteiger charge is -2.09. The van der Waals surface area contributed by atoms with Crippen molar-refractivity contribution < 1.29 is 14.7 Å². The molecule has 1 atom stereocenters. The van der Waals surface area contributed by atoms with Gasteiger partial charge in [-0.2, -0.15) is 0 Å². The molecule has 5 heteroatoms. The number of carboxylic acids is 1. The molecular formula is C10H10INO3. The molecule has 1 aromatic carbocycles. The number of carbonyl (C=O) groups is 2. The van der Waals surface area contributed by atoms with E-state index < -0.39 is 11.9 Å². The highest BCUT2D eigenvalue weighted by Gasteiger charge is 2.15. The van der Waals surface area contributed by atoms with Crippen LogP contribution in [-0.2, 0) is 9.59 Å². The summed E-state index contributed by atoms with van der Waals surface area (Å²) in [6.07, 6.45) is 0.436. The molecule has 0 aliphatic rings. The zero-order chi connectivity index (χ0) is 11.3. The summed E-state index contributed by atoms with van der Waals surface area (Å²) in [7, 11) is 0. The van der Waals surface area contributed by atoms with E-state index in [0.29, 0.717) is 6.29 Å². The molecule has 0 heterocycles. The molecule has 1 aromatic rings. The first-order valence-electron chi connectivity index (χ1n) is 4.31. The number of anilines is 1. The largest absolute Gasteiger partial charge is 0.481 e. The Bertz CT molecular complexity index is 367. The molecule has 1 unspecified atom stereocenters. The lowest BCUT2D eigenvalue weighted by atomic mass is 10.2. The van der Waals surface area contributed by atoms with Crippen molar-refractivity contribution in [1.82, 2.24) is 0 Å². The Kier molecular flexibility index (Phi) is 4.54. The maximum atomic E-state index is 10.6. The van der Waals surface area contributed by atoms with Crippen LogP contribution in [0.3, 0.4) is 0 Å². The van der Waals surface area contributed by atoms with Crippen LogP contribution in [0.15, 0.2) is 24.3 Å². The Morgan fingerprint density at radius 2 is 2.20 bits per heavy atom. The molecule has 0 radical (unpaired) electrons. The number of carboxylic acid groups (broad SMARTS) is 1. The Balaban J connectivity index is 2.60. The van der Waals surface area contributed by atoms with E-state index in [2.05, 4.69) is 27.9 Å². The number of aldehydes is 1. The maximum Gasteiger partial charge on any atom is 0.315 e. The zero-order valence-electron chi connectivity index (χ0n) is 7.81. The molecule has 0 amide bonds. The summed E-state index contributed by atoms with van der Waals surface area (Å²) in [5.41, 5.74) is 0.839. The first kappa shape index (κ1) is 12.0. The van der Waals surface area contributed by atoms with E-state index in [1.54, 1.807) is 0 Å². The van der Waals surface area contributed by atoms with E-state index in [1.807, 2.05) is 24.3 Å². The number of aliphatic carboxylic acids is 1. The number of nitrogens with one attached hydrogen (secondary N) is 1. The van der Waals surface area contributed by atoms with Gasteiger partial charge >= 0.3 is 5.97 Å². The second kappa shape index (κ2) is 5.69. The molecule has 0 spiro atoms. The lowest BCUT2D eigenvalue weighted by Crippen LogP contribution is -2.24. The summed E-state index contributed by atoms with van der Waals surface area (Å²) >= 11 is 2.14. The monoisotopic (exact) mass is 319 g/mol. The highest BCUT2D eigenvalue weighted by molar-refractivity contribution is 14.1. The van der Waals surface area contributed by atoms with Gasteiger partial charge in [0.25, 0.3) is 0 Å². The van der Waals surface area contributed by atoms with Crippen LogP contribution in [0.2, 0.25) is 0 Å². The van der Waals surface area contributed by atoms with Gasteiger partial charge in [0.1, 0.15) is 12.2 Å². The third-order valence-corrected chi connectivity index (χ3v) is 2.81. The fraction of sp³-hybridized carbons (Fsp3) is 0.200. The number of hydrogen-bond acceptors (Lipinski definition) is 3. The number of halogens is 1. The highest BCUT2D eigenvalue weighted by Crippen LogP contribution is 2.16. The van der Waals surface area contributed by atoms with Crippen molar-refractivity contribution in [2.45, 2.75) is 0 Å². The molecule has 0 bridgehead atoms. The normalized spacial score (nSPS) is 11.8. The van der Waals surface area contributed by atoms with Crippen molar-refractivity contribution in [1.29, 1.82) is 0 Å². The molecule has 2 N–H and O–H groups in total. The van der Waals surface area contributed by atoms with Crippen LogP contribution in [0.1, 0.15) is 0 Å². The Morgan fingerprint density at radius 3 is 2.73 bits per heavy atom.